The highest BCUT2D eigenvalue weighted by Gasteiger charge is 2.18. The summed E-state index contributed by atoms with van der Waals surface area (Å²) in [5.41, 5.74) is 0. The summed E-state index contributed by atoms with van der Waals surface area (Å²) >= 11 is 0. The molecule has 0 aromatic rings. The SMILES string of the molecule is CC/C=C\C/C=C\C/C=C\C/C=C\C/C=C\C/C=C\C/C=C\CCCCCCCCCCCCCCCCCCCCCC(=O)NC(CO)C(O)/C=C/CC/C=C/CCCCCCCCCCCCCCC. The lowest BCUT2D eigenvalue weighted by molar-refractivity contribution is -0.123. The van der Waals surface area contributed by atoms with Crippen LogP contribution in [-0.4, -0.2) is 34.9 Å². The van der Waals surface area contributed by atoms with Crippen molar-refractivity contribution in [2.24, 2.45) is 0 Å². The van der Waals surface area contributed by atoms with E-state index in [1.165, 1.54) is 199 Å². The van der Waals surface area contributed by atoms with Gasteiger partial charge in [-0.3, -0.25) is 4.79 Å². The molecule has 4 nitrogen and oxygen atoms in total. The Balaban J connectivity index is 3.50. The number of nitrogens with one attached hydrogen (secondary N) is 1. The molecule has 2 atom stereocenters. The van der Waals surface area contributed by atoms with Crippen LogP contribution in [0.15, 0.2) is 109 Å². The first-order valence-electron chi connectivity index (χ1n) is 31.1. The van der Waals surface area contributed by atoms with E-state index in [-0.39, 0.29) is 12.5 Å². The summed E-state index contributed by atoms with van der Waals surface area (Å²) in [6.07, 6.45) is 94.2. The molecule has 0 radical (unpaired) electrons. The van der Waals surface area contributed by atoms with E-state index in [9.17, 15) is 15.0 Å². The number of amides is 1. The molecule has 1 amide bonds. The van der Waals surface area contributed by atoms with Crippen molar-refractivity contribution in [1.29, 1.82) is 0 Å². The molecule has 0 aromatic carbocycles. The maximum Gasteiger partial charge on any atom is 0.220 e. The van der Waals surface area contributed by atoms with Crippen LogP contribution < -0.4 is 5.32 Å². The lowest BCUT2D eigenvalue weighted by Gasteiger charge is -2.19. The Kier molecular flexibility index (Phi) is 59.8. The second kappa shape index (κ2) is 62.3. The highest BCUT2D eigenvalue weighted by Crippen LogP contribution is 2.17. The number of hydrogen-bond acceptors (Lipinski definition) is 3. The maximum absolute atomic E-state index is 12.5. The molecular formula is C68H119NO3. The fraction of sp³-hybridized carbons (Fsp3) is 0.721. The molecule has 72 heavy (non-hydrogen) atoms. The van der Waals surface area contributed by atoms with Crippen LogP contribution in [0.1, 0.15) is 296 Å². The van der Waals surface area contributed by atoms with Crippen LogP contribution in [0.2, 0.25) is 0 Å². The molecule has 0 spiro atoms. The minimum absolute atomic E-state index is 0.0728. The third-order valence-corrected chi connectivity index (χ3v) is 13.7. The smallest absolute Gasteiger partial charge is 0.220 e. The normalized spacial score (nSPS) is 13.6. The van der Waals surface area contributed by atoms with E-state index in [4.69, 9.17) is 0 Å². The van der Waals surface area contributed by atoms with Crippen molar-refractivity contribution in [3.05, 3.63) is 109 Å². The lowest BCUT2D eigenvalue weighted by atomic mass is 10.0. The van der Waals surface area contributed by atoms with Gasteiger partial charge in [0.1, 0.15) is 0 Å². The summed E-state index contributed by atoms with van der Waals surface area (Å²) in [6, 6.07) is -0.643. The van der Waals surface area contributed by atoms with Crippen LogP contribution in [0.5, 0.6) is 0 Å². The minimum atomic E-state index is -0.866. The second-order valence-electron chi connectivity index (χ2n) is 20.7. The predicted octanol–water partition coefficient (Wildman–Crippen LogP) is 21.0. The van der Waals surface area contributed by atoms with Crippen molar-refractivity contribution in [2.75, 3.05) is 6.61 Å². The summed E-state index contributed by atoms with van der Waals surface area (Å²) in [5, 5.41) is 23.2. The third kappa shape index (κ3) is 57.9. The van der Waals surface area contributed by atoms with E-state index in [0.717, 1.165) is 77.0 Å². The molecule has 0 aromatic heterocycles. The van der Waals surface area contributed by atoms with E-state index in [1.54, 1.807) is 6.08 Å². The number of carbonyl (C=O) groups is 1. The van der Waals surface area contributed by atoms with E-state index >= 15 is 0 Å². The molecule has 0 fully saturated rings. The number of allylic oxidation sites excluding steroid dienone is 17. The summed E-state index contributed by atoms with van der Waals surface area (Å²) < 4.78 is 0. The third-order valence-electron chi connectivity index (χ3n) is 13.7. The van der Waals surface area contributed by atoms with Gasteiger partial charge in [0.25, 0.3) is 0 Å². The Morgan fingerprint density at radius 2 is 0.625 bits per heavy atom. The Bertz CT molecular complexity index is 1360. The fourth-order valence-electron chi connectivity index (χ4n) is 9.06. The Labute approximate surface area is 448 Å². The molecule has 4 heteroatoms. The highest BCUT2D eigenvalue weighted by molar-refractivity contribution is 5.76. The molecule has 0 saturated carbocycles. The molecule has 3 N–H and O–H groups in total. The van der Waals surface area contributed by atoms with Gasteiger partial charge in [-0.15, -0.1) is 0 Å². The van der Waals surface area contributed by atoms with Crippen molar-refractivity contribution in [2.45, 2.75) is 309 Å². The summed E-state index contributed by atoms with van der Waals surface area (Å²) in [6.45, 7) is 4.20. The van der Waals surface area contributed by atoms with Gasteiger partial charge in [0.15, 0.2) is 0 Å². The standard InChI is InChI=1S/C68H119NO3/c1-3-5-7-9-11-13-15-17-19-21-23-24-25-26-27-28-29-30-31-32-33-34-35-36-37-38-39-40-41-42-43-44-46-48-50-52-54-56-58-60-62-64-68(72)69-66(65-70)67(71)63-61-59-57-55-53-51-49-47-45-22-20-18-16-14-12-10-8-6-4-2/h5,7,11,13,17,19,23-24,26-27,29-30,32-33,53,55,61,63,66-67,70-71H,3-4,6,8-10,12,14-16,18,20-22,25,28,31,34-52,54,56-60,62,64-65H2,1-2H3,(H,69,72)/b7-5-,13-11-,19-17-,24-23-,27-26-,30-29-,33-32-,55-53+,63-61+. The van der Waals surface area contributed by atoms with Crippen LogP contribution in [0.25, 0.3) is 0 Å². The monoisotopic (exact) mass is 998 g/mol. The van der Waals surface area contributed by atoms with Crippen molar-refractivity contribution in [1.82, 2.24) is 5.32 Å². The van der Waals surface area contributed by atoms with Crippen LogP contribution in [-0.2, 0) is 4.79 Å². The van der Waals surface area contributed by atoms with E-state index < -0.39 is 12.1 Å². The Morgan fingerprint density at radius 1 is 0.347 bits per heavy atom. The molecular weight excluding hydrogens is 879 g/mol. The molecule has 414 valence electrons. The van der Waals surface area contributed by atoms with Gasteiger partial charge in [0.05, 0.1) is 18.8 Å². The van der Waals surface area contributed by atoms with Gasteiger partial charge in [0.2, 0.25) is 5.91 Å². The van der Waals surface area contributed by atoms with Crippen molar-refractivity contribution in [3.8, 4) is 0 Å². The second-order valence-corrected chi connectivity index (χ2v) is 20.7. The number of aliphatic hydroxyl groups excluding tert-OH is 2. The molecule has 0 saturated heterocycles. The van der Waals surface area contributed by atoms with E-state index in [2.05, 4.69) is 116 Å². The summed E-state index contributed by atoms with van der Waals surface area (Å²) in [4.78, 5) is 12.5. The molecule has 2 unspecified atom stereocenters. The average Bonchev–Trinajstić information content (AvgIpc) is 3.39. The highest BCUT2D eigenvalue weighted by atomic mass is 16.3. The minimum Gasteiger partial charge on any atom is -0.394 e. The lowest BCUT2D eigenvalue weighted by Crippen LogP contribution is -2.45. The molecule has 0 aliphatic rings. The molecule has 0 bridgehead atoms. The zero-order valence-corrected chi connectivity index (χ0v) is 47.7. The van der Waals surface area contributed by atoms with Crippen LogP contribution >= 0.6 is 0 Å². The first-order valence-corrected chi connectivity index (χ1v) is 31.1. The number of hydrogen-bond donors (Lipinski definition) is 3. The number of rotatable bonds is 56. The summed E-state index contributed by atoms with van der Waals surface area (Å²) in [7, 11) is 0. The first-order chi connectivity index (χ1) is 35.7. The van der Waals surface area contributed by atoms with Gasteiger partial charge in [-0.2, -0.15) is 0 Å². The first kappa shape index (κ1) is 69.0. The quantitative estimate of drug-likeness (QED) is 0.0420. The maximum atomic E-state index is 12.5. The zero-order valence-electron chi connectivity index (χ0n) is 47.7. The van der Waals surface area contributed by atoms with Crippen molar-refractivity contribution in [3.63, 3.8) is 0 Å². The molecule has 0 aliphatic heterocycles. The van der Waals surface area contributed by atoms with Gasteiger partial charge in [-0.05, 0) is 89.9 Å². The van der Waals surface area contributed by atoms with Crippen LogP contribution in [0.3, 0.4) is 0 Å². The Hall–Kier alpha value is -2.95. The van der Waals surface area contributed by atoms with Gasteiger partial charge < -0.3 is 15.5 Å². The molecule has 0 heterocycles. The van der Waals surface area contributed by atoms with Crippen LogP contribution in [0, 0.1) is 0 Å². The van der Waals surface area contributed by atoms with Crippen LogP contribution in [0.4, 0.5) is 0 Å². The van der Waals surface area contributed by atoms with E-state index in [1.807, 2.05) is 6.08 Å². The number of carbonyl (C=O) groups excluding carboxylic acids is 1. The van der Waals surface area contributed by atoms with Gasteiger partial charge in [-0.25, -0.2) is 0 Å². The van der Waals surface area contributed by atoms with E-state index in [0.29, 0.717) is 6.42 Å². The number of aliphatic hydroxyl groups is 2. The Morgan fingerprint density at radius 3 is 0.972 bits per heavy atom. The predicted molar refractivity (Wildman–Crippen MR) is 322 cm³/mol. The zero-order chi connectivity index (χ0) is 52.0. The molecule has 0 aliphatic carbocycles. The average molecular weight is 999 g/mol. The van der Waals surface area contributed by atoms with Crippen molar-refractivity contribution >= 4 is 5.91 Å². The fourth-order valence-corrected chi connectivity index (χ4v) is 9.06. The largest absolute Gasteiger partial charge is 0.394 e. The number of unbranched alkanes of at least 4 members (excludes halogenated alkanes) is 33. The molecule has 0 rings (SSSR count). The topological polar surface area (TPSA) is 69.6 Å². The van der Waals surface area contributed by atoms with Gasteiger partial charge in [-0.1, -0.05) is 309 Å². The van der Waals surface area contributed by atoms with Gasteiger partial charge in [0, 0.05) is 6.42 Å². The summed E-state index contributed by atoms with van der Waals surface area (Å²) in [5.74, 6) is -0.0728. The van der Waals surface area contributed by atoms with Crippen molar-refractivity contribution < 1.29 is 15.0 Å². The van der Waals surface area contributed by atoms with Gasteiger partial charge >= 0.3 is 0 Å².